The number of benzene rings is 1. The van der Waals surface area contributed by atoms with Crippen LogP contribution in [-0.2, 0) is 6.42 Å². The number of nitrogens with one attached hydrogen (secondary N) is 2. The number of hydrogen-bond donors (Lipinski definition) is 2. The minimum absolute atomic E-state index is 0.111. The molecule has 5 heteroatoms. The van der Waals surface area contributed by atoms with Gasteiger partial charge in [0.15, 0.2) is 0 Å². The van der Waals surface area contributed by atoms with Crippen LogP contribution in [0, 0.1) is 5.92 Å². The van der Waals surface area contributed by atoms with Crippen molar-refractivity contribution in [2.75, 3.05) is 23.3 Å². The van der Waals surface area contributed by atoms with E-state index < -0.39 is 0 Å². The molecule has 1 aromatic heterocycles. The van der Waals surface area contributed by atoms with Gasteiger partial charge in [-0.05, 0) is 56.7 Å². The molecule has 2 N–H and O–H groups in total. The number of pyridine rings is 1. The Morgan fingerprint density at radius 3 is 2.50 bits per heavy atom. The number of carbonyl (C=O) groups is 1. The Morgan fingerprint density at radius 1 is 1.15 bits per heavy atom. The zero-order valence-corrected chi connectivity index (χ0v) is 15.6. The van der Waals surface area contributed by atoms with Crippen molar-refractivity contribution < 1.29 is 4.79 Å². The first kappa shape index (κ1) is 18.2. The zero-order chi connectivity index (χ0) is 18.4. The van der Waals surface area contributed by atoms with E-state index in [1.165, 1.54) is 18.4 Å². The summed E-state index contributed by atoms with van der Waals surface area (Å²) in [6.45, 7) is 5.93. The lowest BCUT2D eigenvalue weighted by atomic mass is 9.90. The van der Waals surface area contributed by atoms with Gasteiger partial charge in [-0.3, -0.25) is 0 Å². The van der Waals surface area contributed by atoms with E-state index in [2.05, 4.69) is 50.8 Å². The third-order valence-corrected chi connectivity index (χ3v) is 4.73. The van der Waals surface area contributed by atoms with Gasteiger partial charge in [0, 0.05) is 19.1 Å². The smallest absolute Gasteiger partial charge is 0.319 e. The highest BCUT2D eigenvalue weighted by Gasteiger charge is 2.20. The average Bonchev–Trinajstić information content (AvgIpc) is 2.63. The predicted molar refractivity (Wildman–Crippen MR) is 107 cm³/mol. The predicted octanol–water partition coefficient (Wildman–Crippen LogP) is 4.07. The molecule has 0 aliphatic carbocycles. The molecule has 1 aliphatic heterocycles. The Hall–Kier alpha value is -2.56. The first-order valence-corrected chi connectivity index (χ1v) is 9.42. The van der Waals surface area contributed by atoms with Crippen molar-refractivity contribution in [1.29, 1.82) is 0 Å². The lowest BCUT2D eigenvalue weighted by Gasteiger charge is -2.33. The normalized spacial score (nSPS) is 15.1. The quantitative estimate of drug-likeness (QED) is 0.853. The Bertz CT molecular complexity index is 692. The minimum Gasteiger partial charge on any atom is -0.357 e. The zero-order valence-electron chi connectivity index (χ0n) is 15.6. The highest BCUT2D eigenvalue weighted by atomic mass is 16.2. The summed E-state index contributed by atoms with van der Waals surface area (Å²) >= 11 is 0. The average molecular weight is 352 g/mol. The maximum atomic E-state index is 11.7. The summed E-state index contributed by atoms with van der Waals surface area (Å²) in [7, 11) is 0. The van der Waals surface area contributed by atoms with Gasteiger partial charge in [-0.15, -0.1) is 0 Å². The second-order valence-electron chi connectivity index (χ2n) is 7.28. The molecule has 0 unspecified atom stereocenters. The molecule has 1 saturated heterocycles. The lowest BCUT2D eigenvalue weighted by Crippen LogP contribution is -2.35. The summed E-state index contributed by atoms with van der Waals surface area (Å²) < 4.78 is 0. The van der Waals surface area contributed by atoms with Gasteiger partial charge in [0.25, 0.3) is 0 Å². The molecule has 1 aliphatic rings. The summed E-state index contributed by atoms with van der Waals surface area (Å²) in [4.78, 5) is 18.6. The summed E-state index contributed by atoms with van der Waals surface area (Å²) in [5.41, 5.74) is 2.14. The molecule has 2 aromatic rings. The fourth-order valence-corrected chi connectivity index (χ4v) is 3.39. The van der Waals surface area contributed by atoms with E-state index in [0.29, 0.717) is 5.69 Å². The van der Waals surface area contributed by atoms with Gasteiger partial charge in [-0.1, -0.05) is 30.3 Å². The molecule has 1 aromatic carbocycles. The third kappa shape index (κ3) is 5.22. The van der Waals surface area contributed by atoms with Gasteiger partial charge in [0.1, 0.15) is 5.82 Å². The molecule has 2 amide bonds. The number of nitrogens with zero attached hydrogens (tertiary/aromatic N) is 2. The molecule has 138 valence electrons. The number of anilines is 2. The Labute approximate surface area is 155 Å². The van der Waals surface area contributed by atoms with Crippen LogP contribution in [0.2, 0.25) is 0 Å². The van der Waals surface area contributed by atoms with Crippen molar-refractivity contribution >= 4 is 17.5 Å². The summed E-state index contributed by atoms with van der Waals surface area (Å²) in [6.07, 6.45) is 5.27. The van der Waals surface area contributed by atoms with Crippen LogP contribution < -0.4 is 15.5 Å². The third-order valence-electron chi connectivity index (χ3n) is 4.73. The number of piperidine rings is 1. The Morgan fingerprint density at radius 2 is 1.88 bits per heavy atom. The van der Waals surface area contributed by atoms with Gasteiger partial charge in [0.05, 0.1) is 11.9 Å². The number of amides is 2. The largest absolute Gasteiger partial charge is 0.357 e. The van der Waals surface area contributed by atoms with Crippen molar-refractivity contribution in [2.24, 2.45) is 5.92 Å². The second kappa shape index (κ2) is 8.70. The van der Waals surface area contributed by atoms with E-state index in [-0.39, 0.29) is 12.1 Å². The van der Waals surface area contributed by atoms with Crippen LogP contribution in [0.4, 0.5) is 16.3 Å². The maximum Gasteiger partial charge on any atom is 0.319 e. The van der Waals surface area contributed by atoms with Crippen LogP contribution in [0.3, 0.4) is 0 Å². The van der Waals surface area contributed by atoms with Crippen LogP contribution in [0.15, 0.2) is 48.7 Å². The Kier molecular flexibility index (Phi) is 6.10. The van der Waals surface area contributed by atoms with E-state index in [4.69, 9.17) is 0 Å². The van der Waals surface area contributed by atoms with E-state index in [9.17, 15) is 4.79 Å². The summed E-state index contributed by atoms with van der Waals surface area (Å²) in [6, 6.07) is 14.6. The van der Waals surface area contributed by atoms with Crippen molar-refractivity contribution in [3.05, 3.63) is 54.2 Å². The van der Waals surface area contributed by atoms with Gasteiger partial charge >= 0.3 is 6.03 Å². The SMILES string of the molecule is CC(C)NC(=O)Nc1ccc(N2CCC(Cc3ccccc3)CC2)nc1. The molecule has 3 rings (SSSR count). The van der Waals surface area contributed by atoms with Gasteiger partial charge in [0.2, 0.25) is 0 Å². The van der Waals surface area contributed by atoms with Crippen LogP contribution >= 0.6 is 0 Å². The number of carbonyl (C=O) groups excluding carboxylic acids is 1. The van der Waals surface area contributed by atoms with E-state index >= 15 is 0 Å². The first-order valence-electron chi connectivity index (χ1n) is 9.42. The highest BCUT2D eigenvalue weighted by Crippen LogP contribution is 2.25. The maximum absolute atomic E-state index is 11.7. The van der Waals surface area contributed by atoms with Crippen molar-refractivity contribution in [3.63, 3.8) is 0 Å². The van der Waals surface area contributed by atoms with Crippen molar-refractivity contribution in [1.82, 2.24) is 10.3 Å². The molecular weight excluding hydrogens is 324 g/mol. The van der Waals surface area contributed by atoms with Crippen molar-refractivity contribution in [3.8, 4) is 0 Å². The standard InChI is InChI=1S/C21H28N4O/c1-16(2)23-21(26)24-19-8-9-20(22-15-19)25-12-10-18(11-13-25)14-17-6-4-3-5-7-17/h3-9,15-16,18H,10-14H2,1-2H3,(H2,23,24,26). The molecule has 0 saturated carbocycles. The van der Waals surface area contributed by atoms with Crippen molar-refractivity contribution in [2.45, 2.75) is 39.2 Å². The van der Waals surface area contributed by atoms with Crippen LogP contribution in [0.5, 0.6) is 0 Å². The number of aromatic nitrogens is 1. The van der Waals surface area contributed by atoms with E-state index in [1.807, 2.05) is 26.0 Å². The van der Waals surface area contributed by atoms with E-state index in [1.54, 1.807) is 6.20 Å². The first-order chi connectivity index (χ1) is 12.6. The van der Waals surface area contributed by atoms with Gasteiger partial charge in [-0.2, -0.15) is 0 Å². The molecule has 5 nitrogen and oxygen atoms in total. The molecule has 0 radical (unpaired) electrons. The Balaban J connectivity index is 1.49. The molecule has 2 heterocycles. The van der Waals surface area contributed by atoms with Crippen LogP contribution in [-0.4, -0.2) is 30.1 Å². The van der Waals surface area contributed by atoms with Crippen LogP contribution in [0.25, 0.3) is 0 Å². The molecule has 0 spiro atoms. The van der Waals surface area contributed by atoms with Gasteiger partial charge in [-0.25, -0.2) is 9.78 Å². The number of urea groups is 1. The minimum atomic E-state index is -0.198. The number of hydrogen-bond acceptors (Lipinski definition) is 3. The monoisotopic (exact) mass is 352 g/mol. The van der Waals surface area contributed by atoms with E-state index in [0.717, 1.165) is 31.2 Å². The van der Waals surface area contributed by atoms with Crippen LogP contribution in [0.1, 0.15) is 32.3 Å². The fourth-order valence-electron chi connectivity index (χ4n) is 3.39. The molecule has 0 bridgehead atoms. The van der Waals surface area contributed by atoms with Gasteiger partial charge < -0.3 is 15.5 Å². The number of rotatable bonds is 5. The molecule has 26 heavy (non-hydrogen) atoms. The molecule has 0 atom stereocenters. The lowest BCUT2D eigenvalue weighted by molar-refractivity contribution is 0.250. The fraction of sp³-hybridized carbons (Fsp3) is 0.429. The molecule has 1 fully saturated rings. The second-order valence-corrected chi connectivity index (χ2v) is 7.28. The topological polar surface area (TPSA) is 57.3 Å². The summed E-state index contributed by atoms with van der Waals surface area (Å²) in [5, 5.41) is 5.61. The summed E-state index contributed by atoms with van der Waals surface area (Å²) in [5.74, 6) is 1.73. The molecular formula is C21H28N4O. The highest BCUT2D eigenvalue weighted by molar-refractivity contribution is 5.89.